The van der Waals surface area contributed by atoms with Crippen molar-refractivity contribution in [2.75, 3.05) is 19.6 Å². The van der Waals surface area contributed by atoms with Crippen LogP contribution in [0.5, 0.6) is 0 Å². The molecule has 21 heavy (non-hydrogen) atoms. The van der Waals surface area contributed by atoms with Gasteiger partial charge in [0, 0.05) is 12.1 Å². The Kier molecular flexibility index (Phi) is 6.09. The number of hydrogen-bond acceptors (Lipinski definition) is 3. The number of nitrogens with zero attached hydrogens (tertiary/aromatic N) is 1. The number of aryl methyl sites for hydroxylation is 3. The third kappa shape index (κ3) is 5.31. The topological polar surface area (TPSA) is 63.4 Å². The maximum absolute atomic E-state index is 12.6. The van der Waals surface area contributed by atoms with Gasteiger partial charge in [0.1, 0.15) is 0 Å². The number of Topliss-reactive ketones (excluding diaryl/α,β-unsaturated/α-hetero) is 1. The van der Waals surface area contributed by atoms with E-state index in [0.717, 1.165) is 22.3 Å². The van der Waals surface area contributed by atoms with E-state index in [0.29, 0.717) is 12.5 Å². The van der Waals surface area contributed by atoms with E-state index in [1.165, 1.54) is 0 Å². The summed E-state index contributed by atoms with van der Waals surface area (Å²) in [4.78, 5) is 25.6. The minimum absolute atomic E-state index is 0.0481. The first-order valence-electron chi connectivity index (χ1n) is 7.32. The summed E-state index contributed by atoms with van der Waals surface area (Å²) in [6.45, 7) is 11.1. The number of hydrogen-bond donors (Lipinski definition) is 1. The number of ketones is 1. The molecule has 0 unspecified atom stereocenters. The molecule has 4 nitrogen and oxygen atoms in total. The molecule has 0 saturated heterocycles. The van der Waals surface area contributed by atoms with Gasteiger partial charge in [-0.3, -0.25) is 14.5 Å². The SMILES string of the molecule is Cc1cc(C)c(C(=O)CN(CC(N)=O)CC(C)C)c(C)c1. The molecule has 1 aromatic carbocycles. The van der Waals surface area contributed by atoms with Crippen molar-refractivity contribution in [1.29, 1.82) is 0 Å². The Balaban J connectivity index is 2.94. The lowest BCUT2D eigenvalue weighted by molar-refractivity contribution is -0.119. The molecule has 0 aliphatic rings. The molecule has 0 spiro atoms. The van der Waals surface area contributed by atoms with Crippen LogP contribution in [0.1, 0.15) is 40.9 Å². The van der Waals surface area contributed by atoms with Crippen molar-refractivity contribution in [2.24, 2.45) is 11.7 Å². The van der Waals surface area contributed by atoms with E-state index in [9.17, 15) is 9.59 Å². The molecule has 0 bridgehead atoms. The van der Waals surface area contributed by atoms with Crippen LogP contribution in [0.15, 0.2) is 12.1 Å². The Bertz CT molecular complexity index is 513. The number of rotatable bonds is 7. The van der Waals surface area contributed by atoms with Gasteiger partial charge in [-0.05, 0) is 37.8 Å². The molecular weight excluding hydrogens is 264 g/mol. The molecule has 4 heteroatoms. The average Bonchev–Trinajstić information content (AvgIpc) is 2.24. The smallest absolute Gasteiger partial charge is 0.231 e. The van der Waals surface area contributed by atoms with Gasteiger partial charge < -0.3 is 5.73 Å². The highest BCUT2D eigenvalue weighted by atomic mass is 16.1. The van der Waals surface area contributed by atoms with Gasteiger partial charge in [0.25, 0.3) is 0 Å². The minimum Gasteiger partial charge on any atom is -0.369 e. The first kappa shape index (κ1) is 17.4. The molecule has 116 valence electrons. The van der Waals surface area contributed by atoms with Gasteiger partial charge in [0.2, 0.25) is 5.91 Å². The normalized spacial score (nSPS) is 11.2. The number of carbonyl (C=O) groups is 2. The molecule has 0 aromatic heterocycles. The molecule has 2 N–H and O–H groups in total. The van der Waals surface area contributed by atoms with E-state index in [2.05, 4.69) is 13.8 Å². The number of benzene rings is 1. The molecule has 0 radical (unpaired) electrons. The van der Waals surface area contributed by atoms with Crippen LogP contribution in [0, 0.1) is 26.7 Å². The Morgan fingerprint density at radius 1 is 1.10 bits per heavy atom. The second-order valence-corrected chi connectivity index (χ2v) is 6.23. The van der Waals surface area contributed by atoms with E-state index in [4.69, 9.17) is 5.73 Å². The van der Waals surface area contributed by atoms with Crippen molar-refractivity contribution < 1.29 is 9.59 Å². The van der Waals surface area contributed by atoms with Gasteiger partial charge in [-0.2, -0.15) is 0 Å². The average molecular weight is 290 g/mol. The summed E-state index contributed by atoms with van der Waals surface area (Å²) in [5.74, 6) is 0.0186. The largest absolute Gasteiger partial charge is 0.369 e. The van der Waals surface area contributed by atoms with Gasteiger partial charge in [-0.15, -0.1) is 0 Å². The van der Waals surface area contributed by atoms with E-state index in [1.54, 1.807) is 0 Å². The van der Waals surface area contributed by atoms with Crippen molar-refractivity contribution in [3.8, 4) is 0 Å². The van der Waals surface area contributed by atoms with Crippen molar-refractivity contribution in [3.05, 3.63) is 34.4 Å². The number of nitrogens with two attached hydrogens (primary N) is 1. The summed E-state index contributed by atoms with van der Waals surface area (Å²) >= 11 is 0. The van der Waals surface area contributed by atoms with Gasteiger partial charge in [0.15, 0.2) is 5.78 Å². The standard InChI is InChI=1S/C17H26N2O2/c1-11(2)8-19(10-16(18)21)9-15(20)17-13(4)6-12(3)7-14(17)5/h6-7,11H,8-10H2,1-5H3,(H2,18,21). The molecule has 0 atom stereocenters. The maximum Gasteiger partial charge on any atom is 0.231 e. The lowest BCUT2D eigenvalue weighted by Crippen LogP contribution is -2.39. The molecule has 0 saturated carbocycles. The predicted octanol–water partition coefficient (Wildman–Crippen LogP) is 2.24. The quantitative estimate of drug-likeness (QED) is 0.783. The van der Waals surface area contributed by atoms with Gasteiger partial charge in [0.05, 0.1) is 13.1 Å². The fourth-order valence-corrected chi connectivity index (χ4v) is 2.82. The van der Waals surface area contributed by atoms with Crippen LogP contribution in [0.2, 0.25) is 0 Å². The van der Waals surface area contributed by atoms with Crippen molar-refractivity contribution in [3.63, 3.8) is 0 Å². The minimum atomic E-state index is -0.402. The third-order valence-electron chi connectivity index (χ3n) is 3.33. The molecule has 1 aromatic rings. The molecule has 0 heterocycles. The van der Waals surface area contributed by atoms with Crippen LogP contribution in [-0.2, 0) is 4.79 Å². The monoisotopic (exact) mass is 290 g/mol. The Morgan fingerprint density at radius 3 is 2.05 bits per heavy atom. The number of carbonyl (C=O) groups excluding carboxylic acids is 2. The van der Waals surface area contributed by atoms with E-state index in [1.807, 2.05) is 37.8 Å². The second-order valence-electron chi connectivity index (χ2n) is 6.23. The summed E-state index contributed by atoms with van der Waals surface area (Å²) in [6.07, 6.45) is 0. The summed E-state index contributed by atoms with van der Waals surface area (Å²) < 4.78 is 0. The molecule has 0 aliphatic heterocycles. The Hall–Kier alpha value is -1.68. The van der Waals surface area contributed by atoms with Crippen molar-refractivity contribution in [1.82, 2.24) is 4.90 Å². The highest BCUT2D eigenvalue weighted by Crippen LogP contribution is 2.17. The van der Waals surface area contributed by atoms with Gasteiger partial charge in [-0.1, -0.05) is 31.5 Å². The second kappa shape index (κ2) is 7.36. The maximum atomic E-state index is 12.6. The lowest BCUT2D eigenvalue weighted by atomic mass is 9.96. The van der Waals surface area contributed by atoms with E-state index in [-0.39, 0.29) is 18.9 Å². The van der Waals surface area contributed by atoms with Crippen LogP contribution in [-0.4, -0.2) is 36.2 Å². The van der Waals surface area contributed by atoms with Crippen LogP contribution < -0.4 is 5.73 Å². The molecule has 1 amide bonds. The first-order chi connectivity index (χ1) is 9.70. The number of primary amides is 1. The number of amides is 1. The highest BCUT2D eigenvalue weighted by molar-refractivity contribution is 6.00. The van der Waals surface area contributed by atoms with E-state index < -0.39 is 5.91 Å². The molecule has 0 fully saturated rings. The first-order valence-corrected chi connectivity index (χ1v) is 7.32. The van der Waals surface area contributed by atoms with E-state index >= 15 is 0 Å². The Morgan fingerprint density at radius 2 is 1.62 bits per heavy atom. The van der Waals surface area contributed by atoms with Crippen LogP contribution in [0.25, 0.3) is 0 Å². The molecule has 0 aliphatic carbocycles. The summed E-state index contributed by atoms with van der Waals surface area (Å²) in [6, 6.07) is 4.03. The summed E-state index contributed by atoms with van der Waals surface area (Å²) in [7, 11) is 0. The zero-order valence-corrected chi connectivity index (χ0v) is 13.7. The van der Waals surface area contributed by atoms with Crippen LogP contribution in [0.3, 0.4) is 0 Å². The zero-order chi connectivity index (χ0) is 16.2. The zero-order valence-electron chi connectivity index (χ0n) is 13.7. The predicted molar refractivity (Wildman–Crippen MR) is 85.5 cm³/mol. The molecular formula is C17H26N2O2. The summed E-state index contributed by atoms with van der Waals surface area (Å²) in [5, 5.41) is 0. The fraction of sp³-hybridized carbons (Fsp3) is 0.529. The fourth-order valence-electron chi connectivity index (χ4n) is 2.82. The molecule has 1 rings (SSSR count). The van der Waals surface area contributed by atoms with Crippen molar-refractivity contribution >= 4 is 11.7 Å². The van der Waals surface area contributed by atoms with Crippen molar-refractivity contribution in [2.45, 2.75) is 34.6 Å². The summed E-state index contributed by atoms with van der Waals surface area (Å²) in [5.41, 5.74) is 9.16. The van der Waals surface area contributed by atoms with Crippen LogP contribution >= 0.6 is 0 Å². The van der Waals surface area contributed by atoms with Gasteiger partial charge >= 0.3 is 0 Å². The van der Waals surface area contributed by atoms with Gasteiger partial charge in [-0.25, -0.2) is 0 Å². The lowest BCUT2D eigenvalue weighted by Gasteiger charge is -2.22. The van der Waals surface area contributed by atoms with Crippen LogP contribution in [0.4, 0.5) is 0 Å². The Labute approximate surface area is 127 Å². The highest BCUT2D eigenvalue weighted by Gasteiger charge is 2.18. The third-order valence-corrected chi connectivity index (χ3v) is 3.33.